The van der Waals surface area contributed by atoms with Gasteiger partial charge >= 0.3 is 5.97 Å². The summed E-state index contributed by atoms with van der Waals surface area (Å²) in [4.78, 5) is 24.5. The van der Waals surface area contributed by atoms with Crippen molar-refractivity contribution in [2.45, 2.75) is 32.4 Å². The van der Waals surface area contributed by atoms with Crippen molar-refractivity contribution in [1.29, 1.82) is 0 Å². The van der Waals surface area contributed by atoms with Crippen molar-refractivity contribution in [2.24, 2.45) is 0 Å². The van der Waals surface area contributed by atoms with Gasteiger partial charge in [-0.2, -0.15) is 0 Å². The van der Waals surface area contributed by atoms with Gasteiger partial charge < -0.3 is 19.5 Å². The Morgan fingerprint density at radius 1 is 1.37 bits per heavy atom. The molecule has 27 heavy (non-hydrogen) atoms. The standard InChI is InChI=1S/C17H22ClNO7S/c1-4-25-15-13(18)7-11(8-14(15)24-3)17(21)26-10(2)16(20)19-12-5-6-27(22,23)9-12/h7-8,10,12H,4-6,9H2,1-3H3,(H,19,20)/t10-,12+/m0/s1. The number of hydrogen-bond acceptors (Lipinski definition) is 7. The van der Waals surface area contributed by atoms with E-state index in [1.807, 2.05) is 0 Å². The van der Waals surface area contributed by atoms with Gasteiger partial charge in [-0.3, -0.25) is 4.79 Å². The van der Waals surface area contributed by atoms with Crippen LogP contribution in [0, 0.1) is 0 Å². The average Bonchev–Trinajstić information content (AvgIpc) is 2.94. The van der Waals surface area contributed by atoms with E-state index in [9.17, 15) is 18.0 Å². The largest absolute Gasteiger partial charge is 0.493 e. The van der Waals surface area contributed by atoms with Gasteiger partial charge in [0.2, 0.25) is 0 Å². The lowest BCUT2D eigenvalue weighted by Crippen LogP contribution is -2.42. The summed E-state index contributed by atoms with van der Waals surface area (Å²) >= 11 is 6.13. The molecule has 0 unspecified atom stereocenters. The molecule has 0 radical (unpaired) electrons. The van der Waals surface area contributed by atoms with Gasteiger partial charge in [-0.15, -0.1) is 0 Å². The number of ether oxygens (including phenoxy) is 3. The third-order valence-electron chi connectivity index (χ3n) is 3.99. The van der Waals surface area contributed by atoms with E-state index >= 15 is 0 Å². The Labute approximate surface area is 163 Å². The first-order chi connectivity index (χ1) is 12.7. The van der Waals surface area contributed by atoms with E-state index in [0.29, 0.717) is 18.8 Å². The number of rotatable bonds is 7. The molecule has 1 fully saturated rings. The summed E-state index contributed by atoms with van der Waals surface area (Å²) in [7, 11) is -1.71. The van der Waals surface area contributed by atoms with Crippen LogP contribution in [0.4, 0.5) is 0 Å². The number of amides is 1. The van der Waals surface area contributed by atoms with Crippen LogP contribution in [0.2, 0.25) is 5.02 Å². The normalized spacial score (nSPS) is 19.2. The van der Waals surface area contributed by atoms with Crippen LogP contribution < -0.4 is 14.8 Å². The van der Waals surface area contributed by atoms with Gasteiger partial charge in [-0.05, 0) is 32.4 Å². The molecule has 1 aromatic carbocycles. The predicted octanol–water partition coefficient (Wildman–Crippen LogP) is 1.60. The first-order valence-electron chi connectivity index (χ1n) is 8.39. The summed E-state index contributed by atoms with van der Waals surface area (Å²) in [5.74, 6) is -0.813. The third kappa shape index (κ3) is 5.49. The second kappa shape index (κ2) is 8.79. The Balaban J connectivity index is 2.03. The van der Waals surface area contributed by atoms with Crippen molar-refractivity contribution in [2.75, 3.05) is 25.2 Å². The molecule has 1 aliphatic heterocycles. The zero-order chi connectivity index (χ0) is 20.2. The Hall–Kier alpha value is -2.00. The highest BCUT2D eigenvalue weighted by Crippen LogP contribution is 2.36. The van der Waals surface area contributed by atoms with E-state index in [1.54, 1.807) is 6.92 Å². The highest BCUT2D eigenvalue weighted by molar-refractivity contribution is 7.91. The average molecular weight is 420 g/mol. The quantitative estimate of drug-likeness (QED) is 0.668. The molecule has 2 atom stereocenters. The van der Waals surface area contributed by atoms with Crippen LogP contribution in [0.5, 0.6) is 11.5 Å². The number of sulfone groups is 1. The highest BCUT2D eigenvalue weighted by Gasteiger charge is 2.31. The fraction of sp³-hybridized carbons (Fsp3) is 0.529. The SMILES string of the molecule is CCOc1c(Cl)cc(C(=O)O[C@@H](C)C(=O)N[C@@H]2CCS(=O)(=O)C2)cc1OC. The highest BCUT2D eigenvalue weighted by atomic mass is 35.5. The first kappa shape index (κ1) is 21.3. The van der Waals surface area contributed by atoms with Gasteiger partial charge in [0.15, 0.2) is 27.4 Å². The van der Waals surface area contributed by atoms with Crippen molar-refractivity contribution >= 4 is 33.3 Å². The Morgan fingerprint density at radius 3 is 2.63 bits per heavy atom. The van der Waals surface area contributed by atoms with Crippen LogP contribution in [0.3, 0.4) is 0 Å². The Kier molecular flexibility index (Phi) is 6.94. The second-order valence-corrected chi connectivity index (χ2v) is 8.71. The maximum absolute atomic E-state index is 12.3. The molecule has 0 saturated carbocycles. The molecule has 1 saturated heterocycles. The molecule has 1 N–H and O–H groups in total. The van der Waals surface area contributed by atoms with Crippen LogP contribution in [-0.4, -0.2) is 57.7 Å². The van der Waals surface area contributed by atoms with Crippen LogP contribution in [0.15, 0.2) is 12.1 Å². The zero-order valence-electron chi connectivity index (χ0n) is 15.3. The number of carbonyl (C=O) groups excluding carboxylic acids is 2. The molecule has 1 amide bonds. The summed E-state index contributed by atoms with van der Waals surface area (Å²) in [6.45, 7) is 3.56. The van der Waals surface area contributed by atoms with Crippen LogP contribution in [0.25, 0.3) is 0 Å². The first-order valence-corrected chi connectivity index (χ1v) is 10.6. The minimum Gasteiger partial charge on any atom is -0.493 e. The van der Waals surface area contributed by atoms with Crippen molar-refractivity contribution in [3.05, 3.63) is 22.7 Å². The molecule has 0 aromatic heterocycles. The molecule has 0 aliphatic carbocycles. The number of hydrogen-bond donors (Lipinski definition) is 1. The molecule has 1 aromatic rings. The predicted molar refractivity (Wildman–Crippen MR) is 99.3 cm³/mol. The van der Waals surface area contributed by atoms with Gasteiger partial charge in [0.05, 0.1) is 35.8 Å². The number of benzene rings is 1. The molecule has 0 spiro atoms. The minimum absolute atomic E-state index is 0.0383. The molecular formula is C17H22ClNO7S. The van der Waals surface area contributed by atoms with Crippen molar-refractivity contribution in [3.63, 3.8) is 0 Å². The maximum Gasteiger partial charge on any atom is 0.339 e. The number of halogens is 1. The number of methoxy groups -OCH3 is 1. The van der Waals surface area contributed by atoms with Gasteiger partial charge in [0.1, 0.15) is 0 Å². The molecular weight excluding hydrogens is 398 g/mol. The summed E-state index contributed by atoms with van der Waals surface area (Å²) in [5.41, 5.74) is 0.100. The zero-order valence-corrected chi connectivity index (χ0v) is 16.9. The molecule has 1 heterocycles. The monoisotopic (exact) mass is 419 g/mol. The van der Waals surface area contributed by atoms with Gasteiger partial charge in [0.25, 0.3) is 5.91 Å². The van der Waals surface area contributed by atoms with E-state index < -0.39 is 33.9 Å². The summed E-state index contributed by atoms with van der Waals surface area (Å²) in [6.07, 6.45) is -0.752. The van der Waals surface area contributed by atoms with Crippen LogP contribution >= 0.6 is 11.6 Å². The summed E-state index contributed by atoms with van der Waals surface area (Å²) in [6, 6.07) is 2.31. The Bertz CT molecular complexity index is 825. The topological polar surface area (TPSA) is 108 Å². The lowest BCUT2D eigenvalue weighted by molar-refractivity contribution is -0.129. The second-order valence-electron chi connectivity index (χ2n) is 6.08. The molecule has 8 nitrogen and oxygen atoms in total. The van der Waals surface area contributed by atoms with Crippen LogP contribution in [0.1, 0.15) is 30.6 Å². The van der Waals surface area contributed by atoms with E-state index in [2.05, 4.69) is 5.32 Å². The van der Waals surface area contributed by atoms with Gasteiger partial charge in [-0.25, -0.2) is 13.2 Å². The summed E-state index contributed by atoms with van der Waals surface area (Å²) in [5, 5.41) is 2.76. The summed E-state index contributed by atoms with van der Waals surface area (Å²) < 4.78 is 38.6. The number of esters is 1. The van der Waals surface area contributed by atoms with E-state index in [-0.39, 0.29) is 27.8 Å². The maximum atomic E-state index is 12.3. The lowest BCUT2D eigenvalue weighted by atomic mass is 10.2. The molecule has 0 bridgehead atoms. The molecule has 2 rings (SSSR count). The fourth-order valence-corrected chi connectivity index (χ4v) is 4.57. The van der Waals surface area contributed by atoms with Crippen molar-refractivity contribution in [3.8, 4) is 11.5 Å². The Morgan fingerprint density at radius 2 is 2.07 bits per heavy atom. The molecule has 150 valence electrons. The van der Waals surface area contributed by atoms with Crippen LogP contribution in [-0.2, 0) is 19.4 Å². The van der Waals surface area contributed by atoms with E-state index in [4.69, 9.17) is 25.8 Å². The number of carbonyl (C=O) groups is 2. The smallest absolute Gasteiger partial charge is 0.339 e. The van der Waals surface area contributed by atoms with Gasteiger partial charge in [-0.1, -0.05) is 11.6 Å². The lowest BCUT2D eigenvalue weighted by Gasteiger charge is -2.17. The molecule has 10 heteroatoms. The van der Waals surface area contributed by atoms with Crippen molar-refractivity contribution in [1.82, 2.24) is 5.32 Å². The van der Waals surface area contributed by atoms with E-state index in [1.165, 1.54) is 26.2 Å². The number of nitrogens with one attached hydrogen (secondary N) is 1. The van der Waals surface area contributed by atoms with Gasteiger partial charge in [0, 0.05) is 6.04 Å². The molecule has 1 aliphatic rings. The van der Waals surface area contributed by atoms with Crippen molar-refractivity contribution < 1.29 is 32.2 Å². The third-order valence-corrected chi connectivity index (χ3v) is 6.03. The van der Waals surface area contributed by atoms with E-state index in [0.717, 1.165) is 0 Å². The fourth-order valence-electron chi connectivity index (χ4n) is 2.63. The minimum atomic E-state index is -3.12.